The standard InChI is InChI=1S/C30H28N2O8/c1-38-25-14-17(5-10-21(25)33)4-9-20-28(24(36)12-7-18-6-11-22(34)26(15-18)39-2)29(32-30(37)31-20)19-8-13-23(35)27(16-19)40-3/h4-16,29,33-35H,1-3H3,(H2,31,32,37)/b9-4+,12-7+. The summed E-state index contributed by atoms with van der Waals surface area (Å²) in [6.45, 7) is 0. The van der Waals surface area contributed by atoms with E-state index in [-0.39, 0.29) is 45.8 Å². The molecule has 5 N–H and O–H groups in total. The second-order valence-electron chi connectivity index (χ2n) is 8.68. The third-order valence-corrected chi connectivity index (χ3v) is 6.18. The van der Waals surface area contributed by atoms with Crippen LogP contribution in [-0.2, 0) is 4.79 Å². The molecule has 0 fully saturated rings. The molecule has 0 aliphatic carbocycles. The Hall–Kier alpha value is -5.38. The molecule has 0 bridgehead atoms. The fraction of sp³-hybridized carbons (Fsp3) is 0.133. The molecule has 10 heteroatoms. The molecule has 40 heavy (non-hydrogen) atoms. The van der Waals surface area contributed by atoms with Gasteiger partial charge in [0.25, 0.3) is 0 Å². The molecule has 2 amide bonds. The van der Waals surface area contributed by atoms with Crippen molar-refractivity contribution in [1.29, 1.82) is 0 Å². The molecule has 1 aliphatic heterocycles. The highest BCUT2D eigenvalue weighted by Crippen LogP contribution is 2.35. The lowest BCUT2D eigenvalue weighted by molar-refractivity contribution is -0.111. The average Bonchev–Trinajstić information content (AvgIpc) is 2.96. The van der Waals surface area contributed by atoms with Crippen LogP contribution in [0.1, 0.15) is 22.7 Å². The fourth-order valence-corrected chi connectivity index (χ4v) is 4.15. The van der Waals surface area contributed by atoms with Crippen molar-refractivity contribution < 1.29 is 39.1 Å². The maximum absolute atomic E-state index is 13.7. The lowest BCUT2D eigenvalue weighted by atomic mass is 9.91. The highest BCUT2D eigenvalue weighted by atomic mass is 16.5. The molecule has 4 rings (SSSR count). The molecule has 0 saturated carbocycles. The third-order valence-electron chi connectivity index (χ3n) is 6.18. The second kappa shape index (κ2) is 12.0. The number of phenols is 3. The zero-order valence-corrected chi connectivity index (χ0v) is 22.0. The number of amides is 2. The Kier molecular flexibility index (Phi) is 8.29. The summed E-state index contributed by atoms with van der Waals surface area (Å²) in [5, 5.41) is 35.3. The number of ketones is 1. The molecule has 0 saturated heterocycles. The van der Waals surface area contributed by atoms with Gasteiger partial charge in [0.1, 0.15) is 0 Å². The quantitative estimate of drug-likeness (QED) is 0.249. The molecule has 0 spiro atoms. The van der Waals surface area contributed by atoms with Gasteiger partial charge in [-0.05, 0) is 65.2 Å². The molecule has 0 radical (unpaired) electrons. The Morgan fingerprint density at radius 3 is 1.85 bits per heavy atom. The van der Waals surface area contributed by atoms with E-state index in [0.717, 1.165) is 0 Å². The maximum Gasteiger partial charge on any atom is 0.320 e. The average molecular weight is 545 g/mol. The topological polar surface area (TPSA) is 147 Å². The number of urea groups is 1. The number of carbonyl (C=O) groups excluding carboxylic acids is 2. The molecular formula is C30H28N2O8. The number of aromatic hydroxyl groups is 3. The van der Waals surface area contributed by atoms with Gasteiger partial charge in [-0.25, -0.2) is 4.79 Å². The van der Waals surface area contributed by atoms with Crippen LogP contribution in [0, 0.1) is 0 Å². The number of hydrogen-bond donors (Lipinski definition) is 5. The van der Waals surface area contributed by atoms with Crippen LogP contribution in [0.5, 0.6) is 34.5 Å². The van der Waals surface area contributed by atoms with E-state index in [9.17, 15) is 24.9 Å². The first-order valence-corrected chi connectivity index (χ1v) is 12.1. The number of benzene rings is 3. The first-order chi connectivity index (χ1) is 19.2. The van der Waals surface area contributed by atoms with E-state index in [0.29, 0.717) is 16.7 Å². The summed E-state index contributed by atoms with van der Waals surface area (Å²) >= 11 is 0. The highest BCUT2D eigenvalue weighted by molar-refractivity contribution is 6.09. The number of nitrogens with one attached hydrogen (secondary N) is 2. The van der Waals surface area contributed by atoms with Gasteiger partial charge < -0.3 is 40.2 Å². The van der Waals surface area contributed by atoms with Crippen LogP contribution in [0.4, 0.5) is 4.79 Å². The number of ether oxygens (including phenoxy) is 3. The van der Waals surface area contributed by atoms with Crippen molar-refractivity contribution in [1.82, 2.24) is 10.6 Å². The lowest BCUT2D eigenvalue weighted by Gasteiger charge is -2.28. The van der Waals surface area contributed by atoms with Gasteiger partial charge in [-0.15, -0.1) is 0 Å². The van der Waals surface area contributed by atoms with E-state index in [4.69, 9.17) is 14.2 Å². The van der Waals surface area contributed by atoms with Crippen molar-refractivity contribution in [2.24, 2.45) is 0 Å². The van der Waals surface area contributed by atoms with E-state index in [1.165, 1.54) is 45.6 Å². The summed E-state index contributed by atoms with van der Waals surface area (Å²) in [4.78, 5) is 26.4. The van der Waals surface area contributed by atoms with Crippen LogP contribution in [0.2, 0.25) is 0 Å². The molecule has 1 aliphatic rings. The second-order valence-corrected chi connectivity index (χ2v) is 8.68. The smallest absolute Gasteiger partial charge is 0.320 e. The van der Waals surface area contributed by atoms with E-state index in [2.05, 4.69) is 10.6 Å². The monoisotopic (exact) mass is 544 g/mol. The molecule has 1 atom stereocenters. The lowest BCUT2D eigenvalue weighted by Crippen LogP contribution is -2.45. The largest absolute Gasteiger partial charge is 0.504 e. The van der Waals surface area contributed by atoms with Crippen molar-refractivity contribution in [3.05, 3.63) is 94.7 Å². The minimum absolute atomic E-state index is 0.0257. The van der Waals surface area contributed by atoms with Crippen LogP contribution < -0.4 is 24.8 Å². The van der Waals surface area contributed by atoms with Gasteiger partial charge >= 0.3 is 6.03 Å². The molecular weight excluding hydrogens is 516 g/mol. The number of allylic oxidation sites excluding steroid dienone is 2. The summed E-state index contributed by atoms with van der Waals surface area (Å²) < 4.78 is 15.5. The summed E-state index contributed by atoms with van der Waals surface area (Å²) in [6, 6.07) is 12.5. The van der Waals surface area contributed by atoms with Gasteiger partial charge in [0.15, 0.2) is 40.3 Å². The predicted molar refractivity (Wildman–Crippen MR) is 148 cm³/mol. The normalized spacial score (nSPS) is 15.2. The number of methoxy groups -OCH3 is 3. The van der Waals surface area contributed by atoms with Gasteiger partial charge in [0.05, 0.1) is 33.1 Å². The summed E-state index contributed by atoms with van der Waals surface area (Å²) in [5.41, 5.74) is 2.22. The van der Waals surface area contributed by atoms with Crippen LogP contribution in [0.15, 0.2) is 78.0 Å². The SMILES string of the molecule is COc1cc(/C=C/C(=O)C2=C(/C=C/c3ccc(O)c(OC)c3)NC(=O)NC2c2ccc(O)c(OC)c2)ccc1O. The number of hydrogen-bond acceptors (Lipinski definition) is 8. The van der Waals surface area contributed by atoms with Crippen LogP contribution in [0.25, 0.3) is 12.2 Å². The van der Waals surface area contributed by atoms with Crippen molar-refractivity contribution in [3.63, 3.8) is 0 Å². The minimum atomic E-state index is -0.885. The van der Waals surface area contributed by atoms with Crippen molar-refractivity contribution in [2.45, 2.75) is 6.04 Å². The first kappa shape index (κ1) is 27.6. The Bertz CT molecular complexity index is 1540. The Morgan fingerprint density at radius 2 is 1.27 bits per heavy atom. The van der Waals surface area contributed by atoms with Crippen molar-refractivity contribution in [2.75, 3.05) is 21.3 Å². The van der Waals surface area contributed by atoms with E-state index in [1.807, 2.05) is 0 Å². The first-order valence-electron chi connectivity index (χ1n) is 12.1. The predicted octanol–water partition coefficient (Wildman–Crippen LogP) is 4.43. The van der Waals surface area contributed by atoms with Crippen LogP contribution >= 0.6 is 0 Å². The Labute approximate surface area is 230 Å². The summed E-state index contributed by atoms with van der Waals surface area (Å²) in [7, 11) is 4.26. The van der Waals surface area contributed by atoms with Gasteiger partial charge in [-0.2, -0.15) is 0 Å². The fourth-order valence-electron chi connectivity index (χ4n) is 4.15. The van der Waals surface area contributed by atoms with Crippen molar-refractivity contribution in [3.8, 4) is 34.5 Å². The Morgan fingerprint density at radius 1 is 0.750 bits per heavy atom. The maximum atomic E-state index is 13.7. The molecule has 3 aromatic rings. The molecule has 1 unspecified atom stereocenters. The van der Waals surface area contributed by atoms with Gasteiger partial charge in [0.2, 0.25) is 0 Å². The molecule has 10 nitrogen and oxygen atoms in total. The van der Waals surface area contributed by atoms with Gasteiger partial charge in [-0.1, -0.05) is 30.4 Å². The third kappa shape index (κ3) is 6.02. The molecule has 0 aromatic heterocycles. The van der Waals surface area contributed by atoms with Gasteiger partial charge in [-0.3, -0.25) is 4.79 Å². The van der Waals surface area contributed by atoms with Crippen LogP contribution in [0.3, 0.4) is 0 Å². The zero-order valence-electron chi connectivity index (χ0n) is 22.0. The Balaban J connectivity index is 1.80. The highest BCUT2D eigenvalue weighted by Gasteiger charge is 2.31. The number of carbonyl (C=O) groups is 2. The number of phenolic OH excluding ortho intramolecular Hbond substituents is 3. The number of rotatable bonds is 9. The van der Waals surface area contributed by atoms with E-state index < -0.39 is 17.9 Å². The van der Waals surface area contributed by atoms with E-state index in [1.54, 1.807) is 54.6 Å². The molecule has 3 aromatic carbocycles. The molecule has 1 heterocycles. The van der Waals surface area contributed by atoms with Gasteiger partial charge in [0, 0.05) is 5.57 Å². The summed E-state index contributed by atoms with van der Waals surface area (Å²) in [6.07, 6.45) is 6.16. The van der Waals surface area contributed by atoms with Crippen molar-refractivity contribution >= 4 is 24.0 Å². The minimum Gasteiger partial charge on any atom is -0.504 e. The molecule has 206 valence electrons. The summed E-state index contributed by atoms with van der Waals surface area (Å²) in [5.74, 6) is 0.128. The zero-order chi connectivity index (χ0) is 28.8. The van der Waals surface area contributed by atoms with E-state index >= 15 is 0 Å². The van der Waals surface area contributed by atoms with Crippen LogP contribution in [-0.4, -0.2) is 48.5 Å².